The predicted octanol–water partition coefficient (Wildman–Crippen LogP) is 3.30. The van der Waals surface area contributed by atoms with Crippen LogP contribution in [0.25, 0.3) is 0 Å². The lowest BCUT2D eigenvalue weighted by Gasteiger charge is -2.23. The molecule has 0 saturated heterocycles. The van der Waals surface area contributed by atoms with Crippen LogP contribution in [-0.2, 0) is 10.2 Å². The van der Waals surface area contributed by atoms with Crippen LogP contribution in [0.5, 0.6) is 0 Å². The van der Waals surface area contributed by atoms with E-state index in [4.69, 9.17) is 5.73 Å². The van der Waals surface area contributed by atoms with E-state index in [1.165, 1.54) is 5.56 Å². The molecule has 19 heavy (non-hydrogen) atoms. The molecule has 1 aromatic rings. The Morgan fingerprint density at radius 2 is 1.63 bits per heavy atom. The molecule has 0 aliphatic carbocycles. The van der Waals surface area contributed by atoms with Gasteiger partial charge in [0.25, 0.3) is 0 Å². The second-order valence-electron chi connectivity index (χ2n) is 6.95. The fourth-order valence-electron chi connectivity index (χ4n) is 1.81. The molecular weight excluding hydrogens is 236 g/mol. The van der Waals surface area contributed by atoms with Crippen molar-refractivity contribution in [3.63, 3.8) is 0 Å². The van der Waals surface area contributed by atoms with Crippen molar-refractivity contribution in [1.29, 1.82) is 0 Å². The number of hydrogen-bond donors (Lipinski definition) is 2. The van der Waals surface area contributed by atoms with Gasteiger partial charge in [0, 0.05) is 24.1 Å². The maximum absolute atomic E-state index is 11.8. The SMILES string of the molecule is CC(C)(C)CC(=O)Nc1ccc(C(C)(C)CN)cc1. The Bertz CT molecular complexity index is 427. The minimum absolute atomic E-state index is 0.00552. The monoisotopic (exact) mass is 262 g/mol. The first-order chi connectivity index (χ1) is 8.64. The van der Waals surface area contributed by atoms with Crippen molar-refractivity contribution in [2.24, 2.45) is 11.1 Å². The highest BCUT2D eigenvalue weighted by Crippen LogP contribution is 2.24. The highest BCUT2D eigenvalue weighted by atomic mass is 16.1. The molecule has 0 unspecified atom stereocenters. The van der Waals surface area contributed by atoms with Gasteiger partial charge in [0.1, 0.15) is 0 Å². The smallest absolute Gasteiger partial charge is 0.224 e. The van der Waals surface area contributed by atoms with E-state index in [9.17, 15) is 4.79 Å². The number of nitrogens with one attached hydrogen (secondary N) is 1. The maximum atomic E-state index is 11.8. The lowest BCUT2D eigenvalue weighted by molar-refractivity contribution is -0.117. The van der Waals surface area contributed by atoms with Crippen molar-refractivity contribution >= 4 is 11.6 Å². The first-order valence-electron chi connectivity index (χ1n) is 6.74. The van der Waals surface area contributed by atoms with Gasteiger partial charge in [-0.1, -0.05) is 46.8 Å². The molecule has 0 aliphatic rings. The van der Waals surface area contributed by atoms with Crippen molar-refractivity contribution in [1.82, 2.24) is 0 Å². The molecule has 0 bridgehead atoms. The molecule has 0 atom stereocenters. The van der Waals surface area contributed by atoms with Gasteiger partial charge in [-0.3, -0.25) is 4.79 Å². The number of carbonyl (C=O) groups excluding carboxylic acids is 1. The van der Waals surface area contributed by atoms with E-state index in [0.717, 1.165) is 5.69 Å². The zero-order valence-corrected chi connectivity index (χ0v) is 12.7. The summed E-state index contributed by atoms with van der Waals surface area (Å²) in [5.74, 6) is 0.0540. The van der Waals surface area contributed by atoms with Crippen molar-refractivity contribution in [2.45, 2.75) is 46.5 Å². The normalized spacial score (nSPS) is 12.3. The van der Waals surface area contributed by atoms with Gasteiger partial charge in [0.15, 0.2) is 0 Å². The quantitative estimate of drug-likeness (QED) is 0.874. The molecule has 3 heteroatoms. The number of benzene rings is 1. The van der Waals surface area contributed by atoms with E-state index in [-0.39, 0.29) is 16.7 Å². The van der Waals surface area contributed by atoms with Crippen molar-refractivity contribution < 1.29 is 4.79 Å². The summed E-state index contributed by atoms with van der Waals surface area (Å²) in [6.07, 6.45) is 0.517. The Balaban J connectivity index is 2.70. The topological polar surface area (TPSA) is 55.1 Å². The highest BCUT2D eigenvalue weighted by molar-refractivity contribution is 5.91. The number of carbonyl (C=O) groups is 1. The Morgan fingerprint density at radius 3 is 2.05 bits per heavy atom. The van der Waals surface area contributed by atoms with Gasteiger partial charge >= 0.3 is 0 Å². The van der Waals surface area contributed by atoms with E-state index in [1.54, 1.807) is 0 Å². The highest BCUT2D eigenvalue weighted by Gasteiger charge is 2.19. The van der Waals surface area contributed by atoms with Crippen LogP contribution in [0, 0.1) is 5.41 Å². The standard InChI is InChI=1S/C16H26N2O/c1-15(2,3)10-14(19)18-13-8-6-12(7-9-13)16(4,5)11-17/h6-9H,10-11,17H2,1-5H3,(H,18,19). The summed E-state index contributed by atoms with van der Waals surface area (Å²) in [5, 5.41) is 2.92. The molecule has 3 N–H and O–H groups in total. The maximum Gasteiger partial charge on any atom is 0.224 e. The van der Waals surface area contributed by atoms with E-state index in [0.29, 0.717) is 13.0 Å². The van der Waals surface area contributed by atoms with Crippen LogP contribution in [0.3, 0.4) is 0 Å². The van der Waals surface area contributed by atoms with Crippen LogP contribution in [0.2, 0.25) is 0 Å². The van der Waals surface area contributed by atoms with Gasteiger partial charge in [-0.2, -0.15) is 0 Å². The molecule has 0 heterocycles. The zero-order valence-electron chi connectivity index (χ0n) is 12.7. The Kier molecular flexibility index (Phi) is 4.75. The number of rotatable bonds is 4. The first-order valence-corrected chi connectivity index (χ1v) is 6.74. The van der Waals surface area contributed by atoms with Gasteiger partial charge in [-0.15, -0.1) is 0 Å². The Labute approximate surface area is 116 Å². The van der Waals surface area contributed by atoms with E-state index < -0.39 is 0 Å². The molecule has 0 radical (unpaired) electrons. The van der Waals surface area contributed by atoms with Gasteiger partial charge in [-0.05, 0) is 23.1 Å². The molecule has 0 aromatic heterocycles. The Hall–Kier alpha value is -1.35. The van der Waals surface area contributed by atoms with Crippen LogP contribution >= 0.6 is 0 Å². The van der Waals surface area contributed by atoms with Crippen molar-refractivity contribution in [2.75, 3.05) is 11.9 Å². The fraction of sp³-hybridized carbons (Fsp3) is 0.562. The molecule has 0 saturated carbocycles. The molecule has 0 spiro atoms. The van der Waals surface area contributed by atoms with Crippen LogP contribution < -0.4 is 11.1 Å². The largest absolute Gasteiger partial charge is 0.330 e. The lowest BCUT2D eigenvalue weighted by Crippen LogP contribution is -2.28. The molecule has 0 aliphatic heterocycles. The third kappa shape index (κ3) is 5.03. The fourth-order valence-corrected chi connectivity index (χ4v) is 1.81. The predicted molar refractivity (Wildman–Crippen MR) is 81.2 cm³/mol. The average molecular weight is 262 g/mol. The number of nitrogens with two attached hydrogens (primary N) is 1. The zero-order chi connectivity index (χ0) is 14.7. The van der Waals surface area contributed by atoms with E-state index in [2.05, 4.69) is 39.9 Å². The number of anilines is 1. The molecule has 1 aromatic carbocycles. The summed E-state index contributed by atoms with van der Waals surface area (Å²) in [5.41, 5.74) is 7.75. The van der Waals surface area contributed by atoms with Crippen molar-refractivity contribution in [3.8, 4) is 0 Å². The van der Waals surface area contributed by atoms with Crippen molar-refractivity contribution in [3.05, 3.63) is 29.8 Å². The first kappa shape index (κ1) is 15.7. The lowest BCUT2D eigenvalue weighted by atomic mass is 9.85. The molecule has 3 nitrogen and oxygen atoms in total. The second kappa shape index (κ2) is 5.74. The summed E-state index contributed by atoms with van der Waals surface area (Å²) in [6.45, 7) is 11.0. The minimum atomic E-state index is -0.0338. The molecule has 0 fully saturated rings. The van der Waals surface area contributed by atoms with Gasteiger partial charge in [-0.25, -0.2) is 0 Å². The summed E-state index contributed by atoms with van der Waals surface area (Å²) < 4.78 is 0. The average Bonchev–Trinajstić information content (AvgIpc) is 2.27. The van der Waals surface area contributed by atoms with Crippen LogP contribution in [0.1, 0.15) is 46.6 Å². The molecular formula is C16H26N2O. The third-order valence-corrected chi connectivity index (χ3v) is 3.15. The van der Waals surface area contributed by atoms with E-state index in [1.807, 2.05) is 24.3 Å². The summed E-state index contributed by atoms with van der Waals surface area (Å²) in [7, 11) is 0. The van der Waals surface area contributed by atoms with Crippen LogP contribution in [0.4, 0.5) is 5.69 Å². The minimum Gasteiger partial charge on any atom is -0.330 e. The third-order valence-electron chi connectivity index (χ3n) is 3.15. The number of amides is 1. The summed E-state index contributed by atoms with van der Waals surface area (Å²) in [6, 6.07) is 7.93. The summed E-state index contributed by atoms with van der Waals surface area (Å²) in [4.78, 5) is 11.8. The number of hydrogen-bond acceptors (Lipinski definition) is 2. The molecule has 1 amide bonds. The van der Waals surface area contributed by atoms with Gasteiger partial charge < -0.3 is 11.1 Å². The Morgan fingerprint density at radius 1 is 1.11 bits per heavy atom. The van der Waals surface area contributed by atoms with Gasteiger partial charge in [0.2, 0.25) is 5.91 Å². The van der Waals surface area contributed by atoms with Gasteiger partial charge in [0.05, 0.1) is 0 Å². The van der Waals surface area contributed by atoms with Crippen LogP contribution in [0.15, 0.2) is 24.3 Å². The summed E-state index contributed by atoms with van der Waals surface area (Å²) >= 11 is 0. The van der Waals surface area contributed by atoms with Crippen LogP contribution in [-0.4, -0.2) is 12.5 Å². The molecule has 1 rings (SSSR count). The second-order valence-corrected chi connectivity index (χ2v) is 6.95. The van der Waals surface area contributed by atoms with E-state index >= 15 is 0 Å². The molecule has 106 valence electrons.